The highest BCUT2D eigenvalue weighted by Crippen LogP contribution is 2.37. The number of carbonyl (C=O) groups is 3. The van der Waals surface area contributed by atoms with Gasteiger partial charge in [0.25, 0.3) is 11.8 Å². The van der Waals surface area contributed by atoms with E-state index in [4.69, 9.17) is 21.1 Å². The summed E-state index contributed by atoms with van der Waals surface area (Å²) >= 11 is 6.34. The number of ether oxygens (including phenoxy) is 2. The van der Waals surface area contributed by atoms with Crippen molar-refractivity contribution in [2.45, 2.75) is 20.0 Å². The van der Waals surface area contributed by atoms with Gasteiger partial charge in [0.15, 0.2) is 11.5 Å². The van der Waals surface area contributed by atoms with Gasteiger partial charge in [0.2, 0.25) is 0 Å². The second kappa shape index (κ2) is 13.2. The predicted molar refractivity (Wildman–Crippen MR) is 169 cm³/mol. The molecule has 1 aliphatic heterocycles. The second-order valence-corrected chi connectivity index (χ2v) is 10.0. The van der Waals surface area contributed by atoms with Crippen molar-refractivity contribution >= 4 is 46.9 Å². The van der Waals surface area contributed by atoms with Crippen LogP contribution in [0.15, 0.2) is 115 Å². The minimum absolute atomic E-state index is 0.177. The van der Waals surface area contributed by atoms with Crippen molar-refractivity contribution in [2.24, 2.45) is 0 Å². The quantitative estimate of drug-likeness (QED) is 0.107. The summed E-state index contributed by atoms with van der Waals surface area (Å²) in [5.74, 6) is -0.504. The molecule has 1 aliphatic rings. The molecular weight excluding hydrogens is 564 g/mol. The first-order valence-electron chi connectivity index (χ1n) is 13.7. The first-order valence-corrected chi connectivity index (χ1v) is 14.1. The van der Waals surface area contributed by atoms with E-state index in [0.29, 0.717) is 46.5 Å². The molecule has 43 heavy (non-hydrogen) atoms. The summed E-state index contributed by atoms with van der Waals surface area (Å²) < 4.78 is 12.2. The molecule has 5 rings (SSSR count). The number of urea groups is 1. The van der Waals surface area contributed by atoms with Crippen LogP contribution in [0.2, 0.25) is 5.02 Å². The molecule has 0 unspecified atom stereocenters. The Hall–Kier alpha value is -5.14. The highest BCUT2D eigenvalue weighted by Gasteiger charge is 2.43. The zero-order valence-electron chi connectivity index (χ0n) is 23.5. The maximum Gasteiger partial charge on any atom is 0.343 e. The molecular formula is C35H29ClN2O5. The largest absolute Gasteiger partial charge is 0.490 e. The third-order valence-electron chi connectivity index (χ3n) is 6.74. The molecule has 1 heterocycles. The van der Waals surface area contributed by atoms with Crippen molar-refractivity contribution in [1.82, 2.24) is 0 Å². The van der Waals surface area contributed by atoms with E-state index in [0.717, 1.165) is 20.9 Å². The summed E-state index contributed by atoms with van der Waals surface area (Å²) in [6.45, 7) is 6.29. The number of anilines is 2. The molecule has 0 bridgehead atoms. The van der Waals surface area contributed by atoms with Gasteiger partial charge in [0.1, 0.15) is 12.2 Å². The Morgan fingerprint density at radius 1 is 0.767 bits per heavy atom. The van der Waals surface area contributed by atoms with Gasteiger partial charge in [0, 0.05) is 16.1 Å². The van der Waals surface area contributed by atoms with E-state index in [1.807, 2.05) is 31.2 Å². The Balaban J connectivity index is 1.60. The second-order valence-electron chi connectivity index (χ2n) is 9.61. The number of hydrogen-bond donors (Lipinski definition) is 0. The fourth-order valence-corrected chi connectivity index (χ4v) is 4.96. The lowest BCUT2D eigenvalue weighted by atomic mass is 10.0. The lowest BCUT2D eigenvalue weighted by Gasteiger charge is -2.34. The lowest BCUT2D eigenvalue weighted by Crippen LogP contribution is -2.57. The number of para-hydroxylation sites is 2. The Morgan fingerprint density at radius 3 is 1.91 bits per heavy atom. The van der Waals surface area contributed by atoms with Crippen molar-refractivity contribution in [3.63, 3.8) is 0 Å². The Labute approximate surface area is 255 Å². The molecule has 1 saturated heterocycles. The molecule has 0 aliphatic carbocycles. The molecule has 0 saturated carbocycles. The molecule has 4 amide bonds. The molecule has 0 spiro atoms. The van der Waals surface area contributed by atoms with Crippen LogP contribution >= 0.6 is 11.6 Å². The first kappa shape index (κ1) is 29.4. The third-order valence-corrected chi connectivity index (χ3v) is 7.11. The number of nitrogens with zero attached hydrogens (tertiary/aromatic N) is 2. The van der Waals surface area contributed by atoms with Crippen molar-refractivity contribution in [3.8, 4) is 11.5 Å². The Bertz CT molecular complexity index is 1640. The van der Waals surface area contributed by atoms with E-state index in [-0.39, 0.29) is 12.2 Å². The predicted octanol–water partition coefficient (Wildman–Crippen LogP) is 7.63. The van der Waals surface area contributed by atoms with Crippen molar-refractivity contribution in [1.29, 1.82) is 0 Å². The maximum absolute atomic E-state index is 13.8. The summed E-state index contributed by atoms with van der Waals surface area (Å²) in [7, 11) is 0. The molecule has 0 aromatic heterocycles. The zero-order chi connectivity index (χ0) is 30.3. The standard InChI is InChI=1S/C35H29ClN2O5/c1-3-13-25-20-24(22-31(42-4-2)32(25)43-23-26-14-11-12-19-30(26)36)21-29-33(39)37(27-15-7-5-8-16-27)35(41)38(34(29)40)28-17-9-6-10-18-28/h3,5-12,14-22H,1,4,13,23H2,2H3. The topological polar surface area (TPSA) is 76.2 Å². The highest BCUT2D eigenvalue weighted by molar-refractivity contribution is 6.46. The molecule has 4 aromatic carbocycles. The summed E-state index contributed by atoms with van der Waals surface area (Å²) in [6, 6.07) is 27.2. The Kier molecular flexibility index (Phi) is 9.03. The minimum Gasteiger partial charge on any atom is -0.490 e. The maximum atomic E-state index is 13.8. The van der Waals surface area contributed by atoms with E-state index in [1.165, 1.54) is 6.08 Å². The molecule has 0 N–H and O–H groups in total. The zero-order valence-corrected chi connectivity index (χ0v) is 24.3. The first-order chi connectivity index (χ1) is 20.9. The van der Waals surface area contributed by atoms with E-state index >= 15 is 0 Å². The number of halogens is 1. The fraction of sp³-hybridized carbons (Fsp3) is 0.114. The van der Waals surface area contributed by atoms with Gasteiger partial charge in [-0.15, -0.1) is 6.58 Å². The summed E-state index contributed by atoms with van der Waals surface area (Å²) in [6.07, 6.45) is 3.64. The van der Waals surface area contributed by atoms with Gasteiger partial charge in [-0.05, 0) is 67.4 Å². The number of allylic oxidation sites excluding steroid dienone is 1. The molecule has 0 atom stereocenters. The number of amides is 4. The van der Waals surface area contributed by atoms with Crippen LogP contribution in [0.5, 0.6) is 11.5 Å². The molecule has 1 fully saturated rings. The average Bonchev–Trinajstić information content (AvgIpc) is 3.01. The van der Waals surface area contributed by atoms with Gasteiger partial charge in [0.05, 0.1) is 18.0 Å². The number of rotatable bonds is 10. The van der Waals surface area contributed by atoms with Gasteiger partial charge < -0.3 is 9.47 Å². The van der Waals surface area contributed by atoms with Crippen LogP contribution in [-0.4, -0.2) is 24.5 Å². The van der Waals surface area contributed by atoms with Crippen LogP contribution in [0.4, 0.5) is 16.2 Å². The monoisotopic (exact) mass is 592 g/mol. The van der Waals surface area contributed by atoms with Crippen LogP contribution in [0.3, 0.4) is 0 Å². The normalized spacial score (nSPS) is 13.3. The van der Waals surface area contributed by atoms with Gasteiger partial charge in [-0.2, -0.15) is 0 Å². The van der Waals surface area contributed by atoms with Crippen molar-refractivity contribution in [2.75, 3.05) is 16.4 Å². The SMILES string of the molecule is C=CCc1cc(C=C2C(=O)N(c3ccccc3)C(=O)N(c3ccccc3)C2=O)cc(OCC)c1OCc1ccccc1Cl. The van der Waals surface area contributed by atoms with E-state index in [9.17, 15) is 14.4 Å². The number of barbiturate groups is 1. The van der Waals surface area contributed by atoms with Gasteiger partial charge in [-0.1, -0.05) is 72.3 Å². The van der Waals surface area contributed by atoms with Crippen LogP contribution in [0.1, 0.15) is 23.6 Å². The summed E-state index contributed by atoms with van der Waals surface area (Å²) in [5, 5.41) is 0.585. The lowest BCUT2D eigenvalue weighted by molar-refractivity contribution is -0.121. The van der Waals surface area contributed by atoms with E-state index in [2.05, 4.69) is 6.58 Å². The van der Waals surface area contributed by atoms with Crippen LogP contribution in [-0.2, 0) is 22.6 Å². The van der Waals surface area contributed by atoms with Crippen LogP contribution in [0, 0.1) is 0 Å². The van der Waals surface area contributed by atoms with Gasteiger partial charge >= 0.3 is 6.03 Å². The van der Waals surface area contributed by atoms with Gasteiger partial charge in [-0.3, -0.25) is 9.59 Å². The molecule has 8 heteroatoms. The minimum atomic E-state index is -0.754. The Morgan fingerprint density at radius 2 is 1.35 bits per heavy atom. The van der Waals surface area contributed by atoms with Gasteiger partial charge in [-0.25, -0.2) is 14.6 Å². The molecule has 4 aromatic rings. The molecule has 216 valence electrons. The number of carbonyl (C=O) groups excluding carboxylic acids is 3. The molecule has 7 nitrogen and oxygen atoms in total. The van der Waals surface area contributed by atoms with Crippen molar-refractivity contribution in [3.05, 3.63) is 137 Å². The van der Waals surface area contributed by atoms with Crippen LogP contribution in [0.25, 0.3) is 6.08 Å². The molecule has 0 radical (unpaired) electrons. The number of benzene rings is 4. The smallest absolute Gasteiger partial charge is 0.343 e. The fourth-order valence-electron chi connectivity index (χ4n) is 4.77. The summed E-state index contributed by atoms with van der Waals surface area (Å²) in [4.78, 5) is 43.3. The van der Waals surface area contributed by atoms with E-state index < -0.39 is 17.8 Å². The van der Waals surface area contributed by atoms with Crippen LogP contribution < -0.4 is 19.3 Å². The third kappa shape index (κ3) is 6.22. The average molecular weight is 593 g/mol. The highest BCUT2D eigenvalue weighted by atomic mass is 35.5. The summed E-state index contributed by atoms with van der Waals surface area (Å²) in [5.41, 5.74) is 2.60. The van der Waals surface area contributed by atoms with E-state index in [1.54, 1.807) is 78.9 Å². The van der Waals surface area contributed by atoms with Crippen molar-refractivity contribution < 1.29 is 23.9 Å². The number of hydrogen-bond acceptors (Lipinski definition) is 5. The number of imide groups is 2.